The molecule has 0 spiro atoms. The first kappa shape index (κ1) is 14.9. The molecule has 2 rings (SSSR count). The molecule has 7 heteroatoms. The minimum absolute atomic E-state index is 0.00353. The third kappa shape index (κ3) is 3.51. The molecule has 0 unspecified atom stereocenters. The number of aromatic carboxylic acids is 1. The molecule has 0 aliphatic heterocycles. The summed E-state index contributed by atoms with van der Waals surface area (Å²) in [5.41, 5.74) is 0.0319. The molecule has 21 heavy (non-hydrogen) atoms. The van der Waals surface area contributed by atoms with Crippen LogP contribution < -0.4 is 5.32 Å². The van der Waals surface area contributed by atoms with Gasteiger partial charge in [-0.3, -0.25) is 4.79 Å². The molecule has 0 radical (unpaired) electrons. The maximum Gasteiger partial charge on any atom is 0.337 e. The fourth-order valence-corrected chi connectivity index (χ4v) is 2.09. The number of hydrogen-bond acceptors (Lipinski definition) is 4. The summed E-state index contributed by atoms with van der Waals surface area (Å²) < 4.78 is 0.599. The molecule has 2 aromatic rings. The third-order valence-corrected chi connectivity index (χ3v) is 3.12. The summed E-state index contributed by atoms with van der Waals surface area (Å²) in [6.07, 6.45) is 0. The number of halogens is 1. The lowest BCUT2D eigenvalue weighted by Crippen LogP contribution is -2.14. The molecule has 2 aromatic carbocycles. The van der Waals surface area contributed by atoms with Crippen LogP contribution in [0.1, 0.15) is 20.7 Å². The fourth-order valence-electron chi connectivity index (χ4n) is 1.73. The van der Waals surface area contributed by atoms with Crippen molar-refractivity contribution in [3.8, 4) is 11.5 Å². The first-order valence-corrected chi connectivity index (χ1v) is 6.53. The van der Waals surface area contributed by atoms with E-state index in [4.69, 9.17) is 5.11 Å². The zero-order chi connectivity index (χ0) is 15.6. The summed E-state index contributed by atoms with van der Waals surface area (Å²) in [4.78, 5) is 23.2. The number of carboxylic acid groups (broad SMARTS) is 1. The molecule has 0 aromatic heterocycles. The molecule has 0 fully saturated rings. The molecule has 0 aliphatic carbocycles. The summed E-state index contributed by atoms with van der Waals surface area (Å²) in [5, 5.41) is 30.2. The number of anilines is 1. The Morgan fingerprint density at radius 3 is 2.19 bits per heavy atom. The Labute approximate surface area is 127 Å². The van der Waals surface area contributed by atoms with Crippen LogP contribution in [0.2, 0.25) is 0 Å². The SMILES string of the molecule is O=C(Nc1cc(Br)ccc1C(=O)O)c1cc(O)cc(O)c1. The van der Waals surface area contributed by atoms with E-state index < -0.39 is 11.9 Å². The van der Waals surface area contributed by atoms with Crippen LogP contribution in [-0.4, -0.2) is 27.2 Å². The predicted molar refractivity (Wildman–Crippen MR) is 78.8 cm³/mol. The Morgan fingerprint density at radius 1 is 1.00 bits per heavy atom. The van der Waals surface area contributed by atoms with Crippen LogP contribution in [0, 0.1) is 0 Å². The second-order valence-electron chi connectivity index (χ2n) is 4.19. The fraction of sp³-hybridized carbons (Fsp3) is 0. The van der Waals surface area contributed by atoms with E-state index in [9.17, 15) is 19.8 Å². The van der Waals surface area contributed by atoms with Crippen molar-refractivity contribution >= 4 is 33.5 Å². The molecule has 0 saturated carbocycles. The van der Waals surface area contributed by atoms with E-state index in [0.717, 1.165) is 18.2 Å². The second-order valence-corrected chi connectivity index (χ2v) is 5.10. The van der Waals surface area contributed by atoms with Crippen molar-refractivity contribution in [1.29, 1.82) is 0 Å². The average Bonchev–Trinajstić information content (AvgIpc) is 2.37. The molecule has 0 aliphatic rings. The van der Waals surface area contributed by atoms with Crippen LogP contribution >= 0.6 is 15.9 Å². The van der Waals surface area contributed by atoms with Gasteiger partial charge >= 0.3 is 5.97 Å². The Morgan fingerprint density at radius 2 is 1.62 bits per heavy atom. The van der Waals surface area contributed by atoms with E-state index in [1.54, 1.807) is 6.07 Å². The van der Waals surface area contributed by atoms with Crippen LogP contribution in [-0.2, 0) is 0 Å². The normalized spacial score (nSPS) is 10.1. The molecule has 0 saturated heterocycles. The lowest BCUT2D eigenvalue weighted by atomic mass is 10.1. The largest absolute Gasteiger partial charge is 0.508 e. The highest BCUT2D eigenvalue weighted by molar-refractivity contribution is 9.10. The number of rotatable bonds is 3. The minimum atomic E-state index is -1.18. The zero-order valence-electron chi connectivity index (χ0n) is 10.5. The summed E-state index contributed by atoms with van der Waals surface area (Å²) in [6, 6.07) is 7.74. The molecule has 0 bridgehead atoms. The van der Waals surface area contributed by atoms with Gasteiger partial charge in [0.05, 0.1) is 11.3 Å². The van der Waals surface area contributed by atoms with E-state index in [-0.39, 0.29) is 28.3 Å². The second kappa shape index (κ2) is 5.84. The van der Waals surface area contributed by atoms with Gasteiger partial charge in [0.1, 0.15) is 11.5 Å². The van der Waals surface area contributed by atoms with Crippen molar-refractivity contribution in [2.45, 2.75) is 0 Å². The molecule has 0 atom stereocenters. The number of carbonyl (C=O) groups excluding carboxylic acids is 1. The van der Waals surface area contributed by atoms with Crippen molar-refractivity contribution in [3.63, 3.8) is 0 Å². The van der Waals surface area contributed by atoms with E-state index in [2.05, 4.69) is 21.2 Å². The van der Waals surface area contributed by atoms with Crippen molar-refractivity contribution in [3.05, 3.63) is 52.0 Å². The summed E-state index contributed by atoms with van der Waals surface area (Å²) in [6.45, 7) is 0. The van der Waals surface area contributed by atoms with Crippen molar-refractivity contribution in [1.82, 2.24) is 0 Å². The van der Waals surface area contributed by atoms with Gasteiger partial charge in [-0.15, -0.1) is 0 Å². The number of amides is 1. The summed E-state index contributed by atoms with van der Waals surface area (Å²) in [5.74, 6) is -2.38. The predicted octanol–water partition coefficient (Wildman–Crippen LogP) is 2.81. The number of nitrogens with one attached hydrogen (secondary N) is 1. The number of carboxylic acids is 1. The monoisotopic (exact) mass is 351 g/mol. The molecule has 4 N–H and O–H groups in total. The minimum Gasteiger partial charge on any atom is -0.508 e. The van der Waals surface area contributed by atoms with Gasteiger partial charge in [0.15, 0.2) is 0 Å². The third-order valence-electron chi connectivity index (χ3n) is 2.62. The van der Waals surface area contributed by atoms with Gasteiger partial charge in [-0.05, 0) is 30.3 Å². The number of phenols is 2. The molecule has 108 valence electrons. The number of phenolic OH excluding ortho intramolecular Hbond substituents is 2. The Kier molecular flexibility index (Phi) is 4.13. The first-order chi connectivity index (χ1) is 9.86. The van der Waals surface area contributed by atoms with Gasteiger partial charge < -0.3 is 20.6 Å². The first-order valence-electron chi connectivity index (χ1n) is 5.74. The number of hydrogen-bond donors (Lipinski definition) is 4. The maximum atomic E-state index is 12.1. The summed E-state index contributed by atoms with van der Waals surface area (Å²) >= 11 is 3.19. The Bertz CT molecular complexity index is 709. The van der Waals surface area contributed by atoms with E-state index in [0.29, 0.717) is 4.47 Å². The van der Waals surface area contributed by atoms with Gasteiger partial charge in [-0.2, -0.15) is 0 Å². The van der Waals surface area contributed by atoms with Gasteiger partial charge in [-0.1, -0.05) is 15.9 Å². The van der Waals surface area contributed by atoms with Crippen LogP contribution in [0.5, 0.6) is 11.5 Å². The van der Waals surface area contributed by atoms with Crippen LogP contribution in [0.15, 0.2) is 40.9 Å². The lowest BCUT2D eigenvalue weighted by molar-refractivity contribution is 0.0698. The molecular formula is C14H10BrNO5. The number of carbonyl (C=O) groups is 2. The average molecular weight is 352 g/mol. The van der Waals surface area contributed by atoms with Crippen LogP contribution in [0.25, 0.3) is 0 Å². The highest BCUT2D eigenvalue weighted by Gasteiger charge is 2.15. The van der Waals surface area contributed by atoms with Gasteiger partial charge in [0.2, 0.25) is 0 Å². The maximum absolute atomic E-state index is 12.1. The van der Waals surface area contributed by atoms with E-state index in [1.807, 2.05) is 0 Å². The molecular weight excluding hydrogens is 342 g/mol. The van der Waals surface area contributed by atoms with E-state index in [1.165, 1.54) is 12.1 Å². The van der Waals surface area contributed by atoms with Crippen LogP contribution in [0.3, 0.4) is 0 Å². The Hall–Kier alpha value is -2.54. The zero-order valence-corrected chi connectivity index (χ0v) is 12.1. The van der Waals surface area contributed by atoms with E-state index >= 15 is 0 Å². The smallest absolute Gasteiger partial charge is 0.337 e. The summed E-state index contributed by atoms with van der Waals surface area (Å²) in [7, 11) is 0. The number of aromatic hydroxyl groups is 2. The lowest BCUT2D eigenvalue weighted by Gasteiger charge is -2.09. The van der Waals surface area contributed by atoms with Gasteiger partial charge in [0, 0.05) is 16.1 Å². The highest BCUT2D eigenvalue weighted by atomic mass is 79.9. The number of benzene rings is 2. The van der Waals surface area contributed by atoms with Crippen molar-refractivity contribution in [2.24, 2.45) is 0 Å². The highest BCUT2D eigenvalue weighted by Crippen LogP contribution is 2.24. The quantitative estimate of drug-likeness (QED) is 0.680. The van der Waals surface area contributed by atoms with Crippen molar-refractivity contribution < 1.29 is 24.9 Å². The molecule has 6 nitrogen and oxygen atoms in total. The van der Waals surface area contributed by atoms with Crippen molar-refractivity contribution in [2.75, 3.05) is 5.32 Å². The van der Waals surface area contributed by atoms with Crippen LogP contribution in [0.4, 0.5) is 5.69 Å². The topological polar surface area (TPSA) is 107 Å². The standard InChI is InChI=1S/C14H10BrNO5/c15-8-1-2-11(14(20)21)12(5-8)16-13(19)7-3-9(17)6-10(18)4-7/h1-6,17-18H,(H,16,19)(H,20,21). The Balaban J connectivity index is 2.35. The van der Waals surface area contributed by atoms with Gasteiger partial charge in [-0.25, -0.2) is 4.79 Å². The molecule has 0 heterocycles. The van der Waals surface area contributed by atoms with Gasteiger partial charge in [0.25, 0.3) is 5.91 Å². The molecule has 1 amide bonds.